The van der Waals surface area contributed by atoms with Gasteiger partial charge < -0.3 is 4.90 Å². The van der Waals surface area contributed by atoms with Gasteiger partial charge in [-0.3, -0.25) is 14.3 Å². The van der Waals surface area contributed by atoms with Crippen LogP contribution in [0.25, 0.3) is 10.9 Å². The van der Waals surface area contributed by atoms with Gasteiger partial charge in [0.2, 0.25) is 11.3 Å². The van der Waals surface area contributed by atoms with E-state index in [1.54, 1.807) is 28.9 Å². The second-order valence-corrected chi connectivity index (χ2v) is 7.55. The van der Waals surface area contributed by atoms with Crippen molar-refractivity contribution in [1.29, 1.82) is 0 Å². The first-order valence-corrected chi connectivity index (χ1v) is 9.48. The van der Waals surface area contributed by atoms with E-state index in [2.05, 4.69) is 5.10 Å². The molecule has 2 aromatic carbocycles. The van der Waals surface area contributed by atoms with Crippen LogP contribution in [-0.4, -0.2) is 27.1 Å². The normalized spacial score (nSPS) is 16.4. The summed E-state index contributed by atoms with van der Waals surface area (Å²) in [6, 6.07) is 11.8. The van der Waals surface area contributed by atoms with Crippen LogP contribution < -0.4 is 5.43 Å². The zero-order chi connectivity index (χ0) is 19.8. The van der Waals surface area contributed by atoms with Gasteiger partial charge in [0.15, 0.2) is 0 Å². The van der Waals surface area contributed by atoms with Gasteiger partial charge in [-0.15, -0.1) is 0 Å². The lowest BCUT2D eigenvalue weighted by molar-refractivity contribution is -0.136. The predicted octanol–water partition coefficient (Wildman–Crippen LogP) is 3.32. The monoisotopic (exact) mass is 379 g/mol. The smallest absolute Gasteiger partial charge is 0.244 e. The average molecular weight is 379 g/mol. The van der Waals surface area contributed by atoms with Gasteiger partial charge in [-0.1, -0.05) is 32.0 Å². The van der Waals surface area contributed by atoms with Crippen molar-refractivity contribution in [3.05, 3.63) is 75.8 Å². The summed E-state index contributed by atoms with van der Waals surface area (Å²) in [5.41, 5.74) is 2.44. The minimum Gasteiger partial charge on any atom is -0.333 e. The summed E-state index contributed by atoms with van der Waals surface area (Å²) >= 11 is 0. The molecule has 1 atom stereocenters. The quantitative estimate of drug-likeness (QED) is 0.702. The van der Waals surface area contributed by atoms with Crippen LogP contribution in [0.3, 0.4) is 0 Å². The number of amides is 1. The van der Waals surface area contributed by atoms with Gasteiger partial charge in [-0.2, -0.15) is 5.10 Å². The van der Waals surface area contributed by atoms with Gasteiger partial charge in [0, 0.05) is 11.9 Å². The molecule has 0 spiro atoms. The lowest BCUT2D eigenvalue weighted by atomic mass is 9.86. The maximum Gasteiger partial charge on any atom is 0.244 e. The molecule has 1 amide bonds. The van der Waals surface area contributed by atoms with Crippen molar-refractivity contribution in [2.24, 2.45) is 5.92 Å². The number of nitrogens with zero attached hydrogens (tertiary/aromatic N) is 3. The number of para-hydroxylation sites is 1. The van der Waals surface area contributed by atoms with Gasteiger partial charge in [0.1, 0.15) is 12.4 Å². The first kappa shape index (κ1) is 18.3. The van der Waals surface area contributed by atoms with Gasteiger partial charge >= 0.3 is 0 Å². The van der Waals surface area contributed by atoms with E-state index in [-0.39, 0.29) is 35.7 Å². The first-order chi connectivity index (χ1) is 13.5. The van der Waals surface area contributed by atoms with Crippen molar-refractivity contribution in [1.82, 2.24) is 14.7 Å². The number of halogens is 1. The number of hydrogen-bond donors (Lipinski definition) is 0. The Labute approximate surface area is 162 Å². The summed E-state index contributed by atoms with van der Waals surface area (Å²) in [5, 5.41) is 4.70. The fraction of sp³-hybridized carbons (Fsp3) is 0.318. The fourth-order valence-corrected chi connectivity index (χ4v) is 4.12. The number of hydrogen-bond acceptors (Lipinski definition) is 3. The van der Waals surface area contributed by atoms with Gasteiger partial charge in [0.05, 0.1) is 17.8 Å². The molecule has 6 heteroatoms. The van der Waals surface area contributed by atoms with Crippen molar-refractivity contribution in [3.8, 4) is 0 Å². The Morgan fingerprint density at radius 1 is 1.25 bits per heavy atom. The summed E-state index contributed by atoms with van der Waals surface area (Å²) in [7, 11) is 0. The van der Waals surface area contributed by atoms with E-state index in [0.717, 1.165) is 11.1 Å². The third-order valence-electron chi connectivity index (χ3n) is 5.38. The molecular formula is C22H22FN3O2. The van der Waals surface area contributed by atoms with Crippen LogP contribution in [0, 0.1) is 11.7 Å². The van der Waals surface area contributed by atoms with E-state index < -0.39 is 0 Å². The summed E-state index contributed by atoms with van der Waals surface area (Å²) < 4.78 is 15.4. The summed E-state index contributed by atoms with van der Waals surface area (Å²) in [6.45, 7) is 4.70. The van der Waals surface area contributed by atoms with E-state index in [4.69, 9.17) is 0 Å². The van der Waals surface area contributed by atoms with Crippen LogP contribution in [-0.2, 0) is 17.8 Å². The molecule has 2 heterocycles. The third kappa shape index (κ3) is 3.19. The second-order valence-electron chi connectivity index (χ2n) is 7.55. The second kappa shape index (κ2) is 7.19. The van der Waals surface area contributed by atoms with Crippen molar-refractivity contribution in [2.75, 3.05) is 6.54 Å². The molecule has 0 saturated carbocycles. The molecule has 1 aromatic heterocycles. The van der Waals surface area contributed by atoms with Crippen LogP contribution in [0.5, 0.6) is 0 Å². The maximum absolute atomic E-state index is 13.9. The van der Waals surface area contributed by atoms with Crippen LogP contribution >= 0.6 is 0 Å². The molecule has 0 saturated heterocycles. The first-order valence-electron chi connectivity index (χ1n) is 9.48. The lowest BCUT2D eigenvalue weighted by Gasteiger charge is -2.40. The Hall–Kier alpha value is -3.02. The number of fused-ring (bicyclic) bond motifs is 2. The Bertz CT molecular complexity index is 1110. The minimum absolute atomic E-state index is 0.0364. The van der Waals surface area contributed by atoms with E-state index in [1.165, 1.54) is 12.3 Å². The highest BCUT2D eigenvalue weighted by Gasteiger charge is 2.33. The van der Waals surface area contributed by atoms with Gasteiger partial charge in [-0.05, 0) is 47.7 Å². The molecule has 0 radical (unpaired) electrons. The molecule has 3 aromatic rings. The largest absolute Gasteiger partial charge is 0.333 e. The van der Waals surface area contributed by atoms with Crippen LogP contribution in [0.15, 0.2) is 53.5 Å². The molecule has 0 bridgehead atoms. The molecule has 28 heavy (non-hydrogen) atoms. The molecule has 4 rings (SSSR count). The maximum atomic E-state index is 13.9. The highest BCUT2D eigenvalue weighted by Crippen LogP contribution is 2.35. The highest BCUT2D eigenvalue weighted by molar-refractivity contribution is 5.82. The van der Waals surface area contributed by atoms with Crippen LogP contribution in [0.2, 0.25) is 0 Å². The molecule has 1 aliphatic heterocycles. The molecule has 1 aliphatic rings. The number of carbonyl (C=O) groups excluding carboxylic acids is 1. The number of benzene rings is 2. The summed E-state index contributed by atoms with van der Waals surface area (Å²) in [6.07, 6.45) is 1.94. The van der Waals surface area contributed by atoms with E-state index in [9.17, 15) is 14.0 Å². The number of rotatable bonds is 3. The average Bonchev–Trinajstić information content (AvgIpc) is 2.69. The zero-order valence-electron chi connectivity index (χ0n) is 15.9. The Morgan fingerprint density at radius 2 is 2.04 bits per heavy atom. The Balaban J connectivity index is 1.69. The highest BCUT2D eigenvalue weighted by atomic mass is 19.1. The van der Waals surface area contributed by atoms with Crippen molar-refractivity contribution in [3.63, 3.8) is 0 Å². The third-order valence-corrected chi connectivity index (χ3v) is 5.38. The van der Waals surface area contributed by atoms with Crippen LogP contribution in [0.1, 0.15) is 31.0 Å². The van der Waals surface area contributed by atoms with Crippen molar-refractivity contribution < 1.29 is 9.18 Å². The zero-order valence-corrected chi connectivity index (χ0v) is 15.9. The van der Waals surface area contributed by atoms with Gasteiger partial charge in [0.25, 0.3) is 0 Å². The molecule has 144 valence electrons. The Morgan fingerprint density at radius 3 is 2.82 bits per heavy atom. The van der Waals surface area contributed by atoms with Crippen molar-refractivity contribution in [2.45, 2.75) is 32.9 Å². The Kier molecular flexibility index (Phi) is 4.71. The van der Waals surface area contributed by atoms with Crippen LogP contribution in [0.4, 0.5) is 4.39 Å². The van der Waals surface area contributed by atoms with E-state index >= 15 is 0 Å². The molecular weight excluding hydrogens is 357 g/mol. The molecule has 5 nitrogen and oxygen atoms in total. The number of carbonyl (C=O) groups is 1. The van der Waals surface area contributed by atoms with E-state index in [0.29, 0.717) is 23.9 Å². The standard InChI is InChI=1S/C22H22FN3O2/c1-14(2)22-18-11-16(23)8-7-15(18)9-10-25(22)21(28)13-26-19-6-4-3-5-17(19)20(27)12-24-26/h3-8,11-12,14,22H,9-10,13H2,1-2H3. The van der Waals surface area contributed by atoms with Crippen molar-refractivity contribution >= 4 is 16.8 Å². The van der Waals surface area contributed by atoms with Gasteiger partial charge in [-0.25, -0.2) is 4.39 Å². The minimum atomic E-state index is -0.285. The predicted molar refractivity (Wildman–Crippen MR) is 105 cm³/mol. The van der Waals surface area contributed by atoms with E-state index in [1.807, 2.05) is 30.9 Å². The molecule has 0 fully saturated rings. The summed E-state index contributed by atoms with van der Waals surface area (Å²) in [4.78, 5) is 27.0. The molecule has 0 aliphatic carbocycles. The topological polar surface area (TPSA) is 55.2 Å². The SMILES string of the molecule is CC(C)C1c2cc(F)ccc2CCN1C(=O)Cn1ncc(=O)c2ccccc21. The fourth-order valence-electron chi connectivity index (χ4n) is 4.12. The molecule has 1 unspecified atom stereocenters. The lowest BCUT2D eigenvalue weighted by Crippen LogP contribution is -2.44. The summed E-state index contributed by atoms with van der Waals surface area (Å²) in [5.74, 6) is -0.231. The number of aromatic nitrogens is 2. The molecule has 0 N–H and O–H groups in total.